The second-order valence-electron chi connectivity index (χ2n) is 8.14. The molecule has 174 valence electrons. The molecule has 2 heterocycles. The number of carbonyl (C=O) groups is 1. The van der Waals surface area contributed by atoms with E-state index in [1.165, 1.54) is 11.8 Å². The Bertz CT molecular complexity index is 1340. The molecule has 0 bridgehead atoms. The summed E-state index contributed by atoms with van der Waals surface area (Å²) in [6.45, 7) is 0. The molecule has 2 atom stereocenters. The van der Waals surface area contributed by atoms with Crippen LogP contribution in [0.5, 0.6) is 11.5 Å². The lowest BCUT2D eigenvalue weighted by Crippen LogP contribution is -2.37. The van der Waals surface area contributed by atoms with Gasteiger partial charge in [-0.05, 0) is 48.0 Å². The van der Waals surface area contributed by atoms with Crippen LogP contribution in [0.4, 0.5) is 5.69 Å². The van der Waals surface area contributed by atoms with E-state index >= 15 is 0 Å². The van der Waals surface area contributed by atoms with Gasteiger partial charge in [-0.15, -0.1) is 0 Å². The van der Waals surface area contributed by atoms with Gasteiger partial charge in [0.25, 0.3) is 5.91 Å². The predicted octanol–water partition coefficient (Wildman–Crippen LogP) is 4.98. The van der Waals surface area contributed by atoms with E-state index in [-0.39, 0.29) is 35.1 Å². The lowest BCUT2D eigenvalue weighted by Gasteiger charge is -2.24. The average molecular weight is 513 g/mol. The lowest BCUT2D eigenvalue weighted by atomic mass is 10.1. The molecule has 0 N–H and O–H groups in total. The summed E-state index contributed by atoms with van der Waals surface area (Å²) in [6.07, 6.45) is 0.0784. The van der Waals surface area contributed by atoms with E-state index < -0.39 is 9.84 Å². The molecule has 3 aromatic carbocycles. The van der Waals surface area contributed by atoms with Crippen LogP contribution in [0.2, 0.25) is 5.02 Å². The summed E-state index contributed by atoms with van der Waals surface area (Å²) in [5.74, 6) is 1.16. The Morgan fingerprint density at radius 3 is 2.38 bits per heavy atom. The number of fused-ring (bicyclic) bond motifs is 1. The van der Waals surface area contributed by atoms with Crippen molar-refractivity contribution in [3.63, 3.8) is 0 Å². The topological polar surface area (TPSA) is 76.0 Å². The SMILES string of the molecule is O=C(Cc1ccccc1Cl)N=C1S[C@@H]2CS(=O)(=O)C[C@@H]2N1c1ccc(Oc2ccccc2)cc1. The van der Waals surface area contributed by atoms with E-state index in [1.54, 1.807) is 12.1 Å². The molecule has 9 heteroatoms. The highest BCUT2D eigenvalue weighted by Crippen LogP contribution is 2.41. The maximum absolute atomic E-state index is 12.8. The Kier molecular flexibility index (Phi) is 6.38. The zero-order valence-electron chi connectivity index (χ0n) is 18.0. The van der Waals surface area contributed by atoms with Crippen LogP contribution in [0.25, 0.3) is 0 Å². The van der Waals surface area contributed by atoms with Gasteiger partial charge in [-0.2, -0.15) is 4.99 Å². The van der Waals surface area contributed by atoms with Gasteiger partial charge in [0.2, 0.25) is 0 Å². The largest absolute Gasteiger partial charge is 0.457 e. The quantitative estimate of drug-likeness (QED) is 0.480. The van der Waals surface area contributed by atoms with Crippen molar-refractivity contribution in [2.75, 3.05) is 16.4 Å². The number of carbonyl (C=O) groups excluding carboxylic acids is 1. The van der Waals surface area contributed by atoms with Gasteiger partial charge >= 0.3 is 0 Å². The molecular formula is C25H21ClN2O4S2. The van der Waals surface area contributed by atoms with E-state index in [0.29, 0.717) is 21.5 Å². The molecule has 2 aliphatic rings. The van der Waals surface area contributed by atoms with Gasteiger partial charge in [-0.3, -0.25) is 4.79 Å². The minimum absolute atomic E-state index is 0.0324. The van der Waals surface area contributed by atoms with Gasteiger partial charge in [-0.25, -0.2) is 8.42 Å². The number of ether oxygens (including phenoxy) is 1. The van der Waals surface area contributed by atoms with Crippen molar-refractivity contribution in [2.24, 2.45) is 4.99 Å². The van der Waals surface area contributed by atoms with Gasteiger partial charge in [0.15, 0.2) is 15.0 Å². The molecule has 2 saturated heterocycles. The minimum Gasteiger partial charge on any atom is -0.457 e. The number of sulfone groups is 1. The summed E-state index contributed by atoms with van der Waals surface area (Å²) >= 11 is 7.54. The molecule has 2 aliphatic heterocycles. The average Bonchev–Trinajstić information content (AvgIpc) is 3.27. The van der Waals surface area contributed by atoms with E-state index in [4.69, 9.17) is 16.3 Å². The van der Waals surface area contributed by atoms with E-state index in [0.717, 1.165) is 11.4 Å². The van der Waals surface area contributed by atoms with Gasteiger partial charge in [0.1, 0.15) is 11.5 Å². The third-order valence-electron chi connectivity index (χ3n) is 5.68. The number of aliphatic imine (C=N–C) groups is 1. The summed E-state index contributed by atoms with van der Waals surface area (Å²) in [4.78, 5) is 19.0. The number of hydrogen-bond donors (Lipinski definition) is 0. The van der Waals surface area contributed by atoms with Crippen molar-refractivity contribution in [3.05, 3.63) is 89.4 Å². The summed E-state index contributed by atoms with van der Waals surface area (Å²) in [5.41, 5.74) is 1.47. The fraction of sp³-hybridized carbons (Fsp3) is 0.200. The van der Waals surface area contributed by atoms with E-state index in [1.807, 2.05) is 71.6 Å². The van der Waals surface area contributed by atoms with E-state index in [2.05, 4.69) is 4.99 Å². The maximum Gasteiger partial charge on any atom is 0.252 e. The first-order valence-electron chi connectivity index (χ1n) is 10.7. The summed E-state index contributed by atoms with van der Waals surface area (Å²) < 4.78 is 30.5. The number of thioether (sulfide) groups is 1. The zero-order chi connectivity index (χ0) is 23.7. The fourth-order valence-electron chi connectivity index (χ4n) is 4.12. The number of para-hydroxylation sites is 1. The molecule has 6 nitrogen and oxygen atoms in total. The van der Waals surface area contributed by atoms with Crippen molar-refractivity contribution >= 4 is 50.0 Å². The number of amides is 1. The van der Waals surface area contributed by atoms with Crippen LogP contribution in [0.3, 0.4) is 0 Å². The molecule has 5 rings (SSSR count). The summed E-state index contributed by atoms with van der Waals surface area (Å²) in [7, 11) is -3.15. The molecule has 0 radical (unpaired) electrons. The van der Waals surface area contributed by atoms with Crippen molar-refractivity contribution < 1.29 is 17.9 Å². The van der Waals surface area contributed by atoms with Crippen molar-refractivity contribution in [1.29, 1.82) is 0 Å². The fourth-order valence-corrected chi connectivity index (χ4v) is 8.25. The number of hydrogen-bond acceptors (Lipinski definition) is 5. The molecule has 3 aromatic rings. The smallest absolute Gasteiger partial charge is 0.252 e. The lowest BCUT2D eigenvalue weighted by molar-refractivity contribution is -0.117. The Hall–Kier alpha value is -2.81. The van der Waals surface area contributed by atoms with Crippen LogP contribution in [-0.2, 0) is 21.1 Å². The third-order valence-corrected chi connectivity index (χ3v) is 9.26. The predicted molar refractivity (Wildman–Crippen MR) is 137 cm³/mol. The first-order chi connectivity index (χ1) is 16.4. The van der Waals surface area contributed by atoms with Crippen LogP contribution < -0.4 is 9.64 Å². The number of anilines is 1. The number of halogens is 1. The molecule has 34 heavy (non-hydrogen) atoms. The molecule has 0 aliphatic carbocycles. The monoisotopic (exact) mass is 512 g/mol. The maximum atomic E-state index is 12.8. The first kappa shape index (κ1) is 23.0. The van der Waals surface area contributed by atoms with Crippen LogP contribution >= 0.6 is 23.4 Å². The van der Waals surface area contributed by atoms with Crippen molar-refractivity contribution in [2.45, 2.75) is 17.7 Å². The van der Waals surface area contributed by atoms with Crippen molar-refractivity contribution in [1.82, 2.24) is 0 Å². The standard InChI is InChI=1S/C25H21ClN2O4S2/c26-21-9-5-4-6-17(21)14-24(29)27-25-28(22-15-34(30,31)16-23(22)33-25)18-10-12-20(13-11-18)32-19-7-2-1-3-8-19/h1-13,22-23H,14-16H2/t22-,23+/m0/s1. The number of rotatable bonds is 5. The highest BCUT2D eigenvalue weighted by Gasteiger charge is 2.49. The second-order valence-corrected chi connectivity index (χ2v) is 11.9. The van der Waals surface area contributed by atoms with Crippen molar-refractivity contribution in [3.8, 4) is 11.5 Å². The highest BCUT2D eigenvalue weighted by atomic mass is 35.5. The summed E-state index contributed by atoms with van der Waals surface area (Å²) in [5, 5.41) is 0.861. The number of nitrogens with zero attached hydrogens (tertiary/aromatic N) is 2. The number of amidine groups is 1. The van der Waals surface area contributed by atoms with Crippen LogP contribution in [0, 0.1) is 0 Å². The van der Waals surface area contributed by atoms with Crippen LogP contribution in [0.15, 0.2) is 83.9 Å². The van der Waals surface area contributed by atoms with Gasteiger partial charge in [0.05, 0.1) is 24.0 Å². The molecule has 0 unspecified atom stereocenters. The second kappa shape index (κ2) is 9.44. The number of benzene rings is 3. The van der Waals surface area contributed by atoms with Crippen LogP contribution in [0.1, 0.15) is 5.56 Å². The van der Waals surface area contributed by atoms with Crippen LogP contribution in [-0.4, -0.2) is 42.3 Å². The molecule has 2 fully saturated rings. The van der Waals surface area contributed by atoms with E-state index in [9.17, 15) is 13.2 Å². The Morgan fingerprint density at radius 1 is 0.971 bits per heavy atom. The first-order valence-corrected chi connectivity index (χ1v) is 13.8. The third kappa shape index (κ3) is 4.99. The highest BCUT2D eigenvalue weighted by molar-refractivity contribution is 8.16. The molecule has 0 saturated carbocycles. The molecule has 0 spiro atoms. The minimum atomic E-state index is -3.15. The van der Waals surface area contributed by atoms with Gasteiger partial charge < -0.3 is 9.64 Å². The Balaban J connectivity index is 1.41. The van der Waals surface area contributed by atoms with Gasteiger partial charge in [-0.1, -0.05) is 59.8 Å². The Morgan fingerprint density at radius 2 is 1.65 bits per heavy atom. The van der Waals surface area contributed by atoms with Gasteiger partial charge in [0, 0.05) is 16.0 Å². The zero-order valence-corrected chi connectivity index (χ0v) is 20.4. The molecule has 0 aromatic heterocycles. The normalized spacial score (nSPS) is 22.0. The Labute approximate surface area is 207 Å². The molecule has 1 amide bonds. The molecular weight excluding hydrogens is 492 g/mol. The summed E-state index contributed by atoms with van der Waals surface area (Å²) in [6, 6.07) is 23.7.